The number of aliphatic hydroxyl groups is 2. The maximum Gasteiger partial charge on any atom is 0.183 e. The lowest BCUT2D eigenvalue weighted by atomic mass is 9.85. The summed E-state index contributed by atoms with van der Waals surface area (Å²) in [5.74, 6) is 5.41. The van der Waals surface area contributed by atoms with Crippen molar-refractivity contribution < 1.29 is 10.2 Å². The van der Waals surface area contributed by atoms with Crippen molar-refractivity contribution in [2.75, 3.05) is 0 Å². The van der Waals surface area contributed by atoms with E-state index in [2.05, 4.69) is 22.0 Å². The van der Waals surface area contributed by atoms with E-state index in [1.807, 2.05) is 41.1 Å². The number of hydrogen-bond acceptors (Lipinski definition) is 5. The first-order chi connectivity index (χ1) is 13.0. The lowest BCUT2D eigenvalue weighted by Gasteiger charge is -2.23. The molecule has 1 aliphatic rings. The van der Waals surface area contributed by atoms with E-state index in [1.54, 1.807) is 0 Å². The summed E-state index contributed by atoms with van der Waals surface area (Å²) < 4.78 is 1.94. The van der Waals surface area contributed by atoms with Crippen molar-refractivity contribution in [1.82, 2.24) is 14.5 Å². The standard InChI is InChI=1S/C19H22ClN5O2/c1-10(11-2-4-12(20)5-3-11)14-8-15(17(27)16(14)26)25-7-6-13-18(24-21)22-9-23-19(13)25/h2-7,9-10,14-17,26-27H,8,21H2,1H3,(H,22,23,24)/t10-,14-,15-,16-,17+/m1/s1. The van der Waals surface area contributed by atoms with Gasteiger partial charge >= 0.3 is 0 Å². The van der Waals surface area contributed by atoms with Crippen LogP contribution in [-0.2, 0) is 0 Å². The predicted octanol–water partition coefficient (Wildman–Crippen LogP) is 1.88. The Morgan fingerprint density at radius 1 is 1.26 bits per heavy atom. The molecule has 5 atom stereocenters. The Balaban J connectivity index is 1.67. The number of nitrogens with zero attached hydrogens (tertiary/aromatic N) is 3. The number of aromatic amines is 1. The molecule has 7 nitrogen and oxygen atoms in total. The van der Waals surface area contributed by atoms with E-state index >= 15 is 0 Å². The van der Waals surface area contributed by atoms with Gasteiger partial charge in [-0.1, -0.05) is 30.7 Å². The van der Waals surface area contributed by atoms with Crippen molar-refractivity contribution in [3.63, 3.8) is 0 Å². The van der Waals surface area contributed by atoms with Gasteiger partial charge in [-0.3, -0.25) is 0 Å². The van der Waals surface area contributed by atoms with Crippen LogP contribution in [0.5, 0.6) is 0 Å². The minimum absolute atomic E-state index is 0.0795. The maximum atomic E-state index is 10.8. The second kappa shape index (κ2) is 6.99. The Labute approximate surface area is 161 Å². The van der Waals surface area contributed by atoms with Gasteiger partial charge in [-0.2, -0.15) is 5.10 Å². The van der Waals surface area contributed by atoms with Crippen molar-refractivity contribution in [1.29, 1.82) is 0 Å². The molecule has 1 aromatic carbocycles. The number of benzene rings is 1. The van der Waals surface area contributed by atoms with Crippen LogP contribution in [0.4, 0.5) is 0 Å². The molecule has 5 N–H and O–H groups in total. The van der Waals surface area contributed by atoms with Gasteiger partial charge in [0.2, 0.25) is 0 Å². The third-order valence-corrected chi connectivity index (χ3v) is 6.01. The molecule has 2 aromatic heterocycles. The number of hydrogen-bond donors (Lipinski definition) is 4. The van der Waals surface area contributed by atoms with Crippen molar-refractivity contribution in [3.8, 4) is 0 Å². The molecular weight excluding hydrogens is 366 g/mol. The van der Waals surface area contributed by atoms with Gasteiger partial charge in [0.05, 0.1) is 23.9 Å². The highest BCUT2D eigenvalue weighted by Crippen LogP contribution is 2.43. The molecule has 1 saturated carbocycles. The van der Waals surface area contributed by atoms with E-state index in [1.165, 1.54) is 6.33 Å². The zero-order chi connectivity index (χ0) is 19.1. The van der Waals surface area contributed by atoms with E-state index in [4.69, 9.17) is 17.4 Å². The number of fused-ring (bicyclic) bond motifs is 1. The smallest absolute Gasteiger partial charge is 0.183 e. The van der Waals surface area contributed by atoms with E-state index in [-0.39, 0.29) is 17.9 Å². The largest absolute Gasteiger partial charge is 0.390 e. The molecule has 27 heavy (non-hydrogen) atoms. The van der Waals surface area contributed by atoms with Crippen LogP contribution in [0.2, 0.25) is 5.02 Å². The van der Waals surface area contributed by atoms with Gasteiger partial charge in [-0.25, -0.2) is 4.98 Å². The van der Waals surface area contributed by atoms with Crippen LogP contribution in [-0.4, -0.2) is 37.0 Å². The fraction of sp³-hybridized carbons (Fsp3) is 0.368. The highest BCUT2D eigenvalue weighted by Gasteiger charge is 2.45. The average molecular weight is 388 g/mol. The first-order valence-corrected chi connectivity index (χ1v) is 9.28. The lowest BCUT2D eigenvalue weighted by Crippen LogP contribution is -2.31. The van der Waals surface area contributed by atoms with Crippen LogP contribution in [0, 0.1) is 5.92 Å². The second-order valence-electron chi connectivity index (χ2n) is 7.13. The number of nitrogens with two attached hydrogens (primary N) is 1. The normalized spacial score (nSPS) is 27.3. The minimum Gasteiger partial charge on any atom is -0.390 e. The van der Waals surface area contributed by atoms with Gasteiger partial charge in [-0.15, -0.1) is 0 Å². The summed E-state index contributed by atoms with van der Waals surface area (Å²) in [4.78, 5) is 7.20. The predicted molar refractivity (Wildman–Crippen MR) is 103 cm³/mol. The molecule has 8 heteroatoms. The summed E-state index contributed by atoms with van der Waals surface area (Å²) in [5, 5.41) is 26.6. The Morgan fingerprint density at radius 3 is 2.70 bits per heavy atom. The monoisotopic (exact) mass is 387 g/mol. The van der Waals surface area contributed by atoms with Crippen LogP contribution in [0.1, 0.15) is 30.9 Å². The molecule has 142 valence electrons. The summed E-state index contributed by atoms with van der Waals surface area (Å²) in [7, 11) is 0. The van der Waals surface area contributed by atoms with Crippen LogP contribution >= 0.6 is 11.6 Å². The van der Waals surface area contributed by atoms with E-state index < -0.39 is 12.2 Å². The van der Waals surface area contributed by atoms with Crippen molar-refractivity contribution >= 4 is 22.6 Å². The summed E-state index contributed by atoms with van der Waals surface area (Å²) >= 11 is 5.98. The minimum atomic E-state index is -0.875. The molecule has 0 saturated heterocycles. The lowest BCUT2D eigenvalue weighted by molar-refractivity contribution is 0.00292. The molecule has 0 aliphatic heterocycles. The first kappa shape index (κ1) is 18.0. The maximum absolute atomic E-state index is 10.8. The van der Waals surface area contributed by atoms with Crippen LogP contribution in [0.15, 0.2) is 48.0 Å². The Morgan fingerprint density at radius 2 is 2.00 bits per heavy atom. The Bertz CT molecular complexity index is 1010. The quantitative estimate of drug-likeness (QED) is 0.406. The summed E-state index contributed by atoms with van der Waals surface area (Å²) in [6.45, 7) is 2.07. The number of H-pyrrole nitrogens is 1. The second-order valence-corrected chi connectivity index (χ2v) is 7.57. The zero-order valence-corrected chi connectivity index (χ0v) is 15.6. The third-order valence-electron chi connectivity index (χ3n) is 5.76. The van der Waals surface area contributed by atoms with Crippen LogP contribution in [0.25, 0.3) is 11.0 Å². The summed E-state index contributed by atoms with van der Waals surface area (Å²) in [6, 6.07) is 9.24. The average Bonchev–Trinajstić information content (AvgIpc) is 3.23. The molecule has 0 unspecified atom stereocenters. The number of aliphatic hydroxyl groups excluding tert-OH is 2. The molecule has 0 radical (unpaired) electrons. The van der Waals surface area contributed by atoms with E-state index in [0.29, 0.717) is 16.9 Å². The molecule has 4 rings (SSSR count). The molecule has 2 heterocycles. The van der Waals surface area contributed by atoms with Crippen molar-refractivity contribution in [3.05, 3.63) is 58.9 Å². The third kappa shape index (κ3) is 3.01. The SMILES string of the molecule is C[C@H](c1ccc(Cl)cc1)[C@H]1C[C@@H](n2ccc3/c(=N\N)nc[nH]c32)[C@H](O)[C@@H]1O. The zero-order valence-electron chi connectivity index (χ0n) is 14.8. The Hall–Kier alpha value is -2.35. The number of nitrogens with one attached hydrogen (secondary N) is 1. The van der Waals surface area contributed by atoms with Crippen molar-refractivity contribution in [2.45, 2.75) is 37.5 Å². The molecule has 0 amide bonds. The fourth-order valence-electron chi connectivity index (χ4n) is 4.21. The van der Waals surface area contributed by atoms with Gasteiger partial charge < -0.3 is 25.6 Å². The number of halogens is 1. The summed E-state index contributed by atoms with van der Waals surface area (Å²) in [5.41, 5.74) is 2.29. The van der Waals surface area contributed by atoms with Gasteiger partial charge in [-0.05, 0) is 42.0 Å². The molecule has 0 bridgehead atoms. The molecule has 1 fully saturated rings. The highest BCUT2D eigenvalue weighted by atomic mass is 35.5. The fourth-order valence-corrected chi connectivity index (χ4v) is 4.34. The van der Waals surface area contributed by atoms with Crippen LogP contribution in [0.3, 0.4) is 0 Å². The first-order valence-electron chi connectivity index (χ1n) is 8.91. The van der Waals surface area contributed by atoms with Gasteiger partial charge in [0, 0.05) is 11.2 Å². The summed E-state index contributed by atoms with van der Waals surface area (Å²) in [6.07, 6.45) is 2.34. The highest BCUT2D eigenvalue weighted by molar-refractivity contribution is 6.30. The molecule has 1 aliphatic carbocycles. The van der Waals surface area contributed by atoms with Gasteiger partial charge in [0.1, 0.15) is 11.8 Å². The van der Waals surface area contributed by atoms with Crippen LogP contribution < -0.4 is 11.3 Å². The van der Waals surface area contributed by atoms with E-state index in [0.717, 1.165) is 16.6 Å². The van der Waals surface area contributed by atoms with Gasteiger partial charge in [0.25, 0.3) is 0 Å². The van der Waals surface area contributed by atoms with E-state index in [9.17, 15) is 10.2 Å². The number of aromatic nitrogens is 3. The Kier molecular flexibility index (Phi) is 4.67. The molecular formula is C19H22ClN5O2. The van der Waals surface area contributed by atoms with Crippen molar-refractivity contribution in [2.24, 2.45) is 16.9 Å². The number of rotatable bonds is 3. The topological polar surface area (TPSA) is 112 Å². The van der Waals surface area contributed by atoms with Gasteiger partial charge in [0.15, 0.2) is 5.49 Å². The molecule has 3 aromatic rings. The molecule has 0 spiro atoms.